The molecule has 0 aromatic rings. The van der Waals surface area contributed by atoms with Crippen molar-refractivity contribution >= 4 is 5.91 Å². The van der Waals surface area contributed by atoms with Gasteiger partial charge in [0.25, 0.3) is 0 Å². The van der Waals surface area contributed by atoms with Gasteiger partial charge in [-0.05, 0) is 13.8 Å². The van der Waals surface area contributed by atoms with Crippen molar-refractivity contribution in [2.75, 3.05) is 26.9 Å². The molecule has 1 unspecified atom stereocenters. The summed E-state index contributed by atoms with van der Waals surface area (Å²) in [4.78, 5) is 11.5. The van der Waals surface area contributed by atoms with E-state index in [0.717, 1.165) is 6.42 Å². The van der Waals surface area contributed by atoms with E-state index >= 15 is 0 Å². The van der Waals surface area contributed by atoms with Gasteiger partial charge >= 0.3 is 0 Å². The molecule has 3 N–H and O–H groups in total. The fraction of sp³-hybridized carbons (Fsp3) is 0.900. The van der Waals surface area contributed by atoms with E-state index in [9.17, 15) is 4.79 Å². The summed E-state index contributed by atoms with van der Waals surface area (Å²) in [6.45, 7) is 4.99. The van der Waals surface area contributed by atoms with Crippen LogP contribution in [0.3, 0.4) is 0 Å². The normalized spacial score (nSPS) is 26.7. The highest BCUT2D eigenvalue weighted by molar-refractivity contribution is 5.85. The molecule has 88 valence electrons. The van der Waals surface area contributed by atoms with Crippen molar-refractivity contribution in [3.8, 4) is 0 Å². The van der Waals surface area contributed by atoms with E-state index in [1.54, 1.807) is 21.0 Å². The molecule has 1 fully saturated rings. The van der Waals surface area contributed by atoms with Crippen LogP contribution < -0.4 is 11.1 Å². The molecule has 0 spiro atoms. The predicted octanol–water partition coefficient (Wildman–Crippen LogP) is -0.355. The second-order valence-electron chi connectivity index (χ2n) is 4.59. The molecule has 1 aliphatic heterocycles. The van der Waals surface area contributed by atoms with Crippen LogP contribution >= 0.6 is 0 Å². The fourth-order valence-corrected chi connectivity index (χ4v) is 1.43. The predicted molar refractivity (Wildman–Crippen MR) is 56.5 cm³/mol. The van der Waals surface area contributed by atoms with Crippen LogP contribution in [-0.2, 0) is 14.3 Å². The van der Waals surface area contributed by atoms with Gasteiger partial charge < -0.3 is 20.5 Å². The molecule has 5 heteroatoms. The van der Waals surface area contributed by atoms with Gasteiger partial charge in [-0.3, -0.25) is 4.79 Å². The van der Waals surface area contributed by atoms with E-state index in [4.69, 9.17) is 15.2 Å². The minimum Gasteiger partial charge on any atom is -0.378 e. The van der Waals surface area contributed by atoms with Gasteiger partial charge in [-0.2, -0.15) is 0 Å². The van der Waals surface area contributed by atoms with E-state index in [2.05, 4.69) is 5.32 Å². The van der Waals surface area contributed by atoms with Gasteiger partial charge in [-0.1, -0.05) is 0 Å². The molecule has 0 aliphatic carbocycles. The van der Waals surface area contributed by atoms with Crippen molar-refractivity contribution < 1.29 is 14.3 Å². The maximum absolute atomic E-state index is 11.5. The first-order valence-corrected chi connectivity index (χ1v) is 5.10. The summed E-state index contributed by atoms with van der Waals surface area (Å²) in [7, 11) is 1.63. The number of nitrogens with one attached hydrogen (secondary N) is 1. The number of carbonyl (C=O) groups is 1. The van der Waals surface area contributed by atoms with Crippen molar-refractivity contribution in [1.82, 2.24) is 5.32 Å². The van der Waals surface area contributed by atoms with Crippen molar-refractivity contribution in [3.05, 3.63) is 0 Å². The van der Waals surface area contributed by atoms with Crippen LogP contribution in [0.2, 0.25) is 0 Å². The van der Waals surface area contributed by atoms with Crippen molar-refractivity contribution in [3.63, 3.8) is 0 Å². The molecular weight excluding hydrogens is 196 g/mol. The molecule has 1 atom stereocenters. The van der Waals surface area contributed by atoms with E-state index in [1.165, 1.54) is 0 Å². The summed E-state index contributed by atoms with van der Waals surface area (Å²) < 4.78 is 10.6. The molecule has 1 rings (SSSR count). The van der Waals surface area contributed by atoms with Gasteiger partial charge in [-0.15, -0.1) is 0 Å². The molecule has 15 heavy (non-hydrogen) atoms. The fourth-order valence-electron chi connectivity index (χ4n) is 1.43. The Balaban J connectivity index is 2.45. The van der Waals surface area contributed by atoms with Crippen LogP contribution in [0, 0.1) is 0 Å². The van der Waals surface area contributed by atoms with Crippen LogP contribution in [-0.4, -0.2) is 43.9 Å². The SMILES string of the molecule is COC1(CNC(=O)C(C)(C)N)CCOC1. The standard InChI is InChI=1S/C10H20N2O3/c1-9(2,11)8(13)12-6-10(14-3)4-5-15-7-10/h4-7,11H2,1-3H3,(H,12,13). The molecule has 1 aliphatic rings. The van der Waals surface area contributed by atoms with Gasteiger partial charge in [-0.25, -0.2) is 0 Å². The largest absolute Gasteiger partial charge is 0.378 e. The lowest BCUT2D eigenvalue weighted by atomic mass is 10.0. The number of rotatable bonds is 4. The molecule has 5 nitrogen and oxygen atoms in total. The smallest absolute Gasteiger partial charge is 0.239 e. The minimum atomic E-state index is -0.853. The zero-order valence-corrected chi connectivity index (χ0v) is 9.63. The Morgan fingerprint density at radius 3 is 2.73 bits per heavy atom. The number of hydrogen-bond donors (Lipinski definition) is 2. The molecular formula is C10H20N2O3. The van der Waals surface area contributed by atoms with Gasteiger partial charge in [0, 0.05) is 26.7 Å². The number of ether oxygens (including phenoxy) is 2. The highest BCUT2D eigenvalue weighted by Gasteiger charge is 2.36. The summed E-state index contributed by atoms with van der Waals surface area (Å²) in [5.74, 6) is -0.175. The maximum Gasteiger partial charge on any atom is 0.239 e. The van der Waals surface area contributed by atoms with Crippen LogP contribution in [0.25, 0.3) is 0 Å². The molecule has 1 amide bonds. The number of hydrogen-bond acceptors (Lipinski definition) is 4. The Labute approximate surface area is 90.3 Å². The molecule has 1 heterocycles. The zero-order valence-electron chi connectivity index (χ0n) is 9.63. The average Bonchev–Trinajstić information content (AvgIpc) is 2.62. The molecule has 0 bridgehead atoms. The molecule has 0 radical (unpaired) electrons. The first-order valence-electron chi connectivity index (χ1n) is 5.10. The summed E-state index contributed by atoms with van der Waals surface area (Å²) in [5.41, 5.74) is 4.44. The zero-order chi connectivity index (χ0) is 11.5. The number of methoxy groups -OCH3 is 1. The van der Waals surface area contributed by atoms with Gasteiger partial charge in [0.15, 0.2) is 0 Å². The highest BCUT2D eigenvalue weighted by atomic mass is 16.5. The summed E-state index contributed by atoms with van der Waals surface area (Å²) in [6.07, 6.45) is 0.800. The van der Waals surface area contributed by atoms with Crippen LogP contribution in [0.4, 0.5) is 0 Å². The van der Waals surface area contributed by atoms with Gasteiger partial charge in [0.1, 0.15) is 5.60 Å². The van der Waals surface area contributed by atoms with Crippen LogP contribution in [0.1, 0.15) is 20.3 Å². The molecule has 1 saturated heterocycles. The third kappa shape index (κ3) is 3.15. The lowest BCUT2D eigenvalue weighted by molar-refractivity contribution is -0.126. The van der Waals surface area contributed by atoms with Crippen LogP contribution in [0.5, 0.6) is 0 Å². The van der Waals surface area contributed by atoms with Crippen molar-refractivity contribution in [1.29, 1.82) is 0 Å². The Morgan fingerprint density at radius 1 is 1.67 bits per heavy atom. The first kappa shape index (κ1) is 12.4. The Hall–Kier alpha value is -0.650. The number of nitrogens with two attached hydrogens (primary N) is 1. The van der Waals surface area contributed by atoms with Gasteiger partial charge in [0.2, 0.25) is 5.91 Å². The highest BCUT2D eigenvalue weighted by Crippen LogP contribution is 2.21. The second-order valence-corrected chi connectivity index (χ2v) is 4.59. The lowest BCUT2D eigenvalue weighted by Gasteiger charge is -2.28. The lowest BCUT2D eigenvalue weighted by Crippen LogP contribution is -2.54. The second kappa shape index (κ2) is 4.47. The summed E-state index contributed by atoms with van der Waals surface area (Å²) >= 11 is 0. The summed E-state index contributed by atoms with van der Waals surface area (Å²) in [6, 6.07) is 0. The number of carbonyl (C=O) groups excluding carboxylic acids is 1. The van der Waals surface area contributed by atoms with E-state index < -0.39 is 5.54 Å². The quantitative estimate of drug-likeness (QED) is 0.673. The molecule has 0 saturated carbocycles. The summed E-state index contributed by atoms with van der Waals surface area (Å²) in [5, 5.41) is 2.79. The third-order valence-electron chi connectivity index (χ3n) is 2.66. The van der Waals surface area contributed by atoms with E-state index in [-0.39, 0.29) is 11.5 Å². The van der Waals surface area contributed by atoms with E-state index in [0.29, 0.717) is 19.8 Å². The van der Waals surface area contributed by atoms with Crippen LogP contribution in [0.15, 0.2) is 0 Å². The molecule has 0 aromatic carbocycles. The maximum atomic E-state index is 11.5. The molecule has 0 aromatic heterocycles. The number of amides is 1. The minimum absolute atomic E-state index is 0.175. The topological polar surface area (TPSA) is 73.6 Å². The van der Waals surface area contributed by atoms with Gasteiger partial charge in [0.05, 0.1) is 12.1 Å². The Bertz CT molecular complexity index is 229. The van der Waals surface area contributed by atoms with Crippen molar-refractivity contribution in [2.45, 2.75) is 31.4 Å². The third-order valence-corrected chi connectivity index (χ3v) is 2.66. The van der Waals surface area contributed by atoms with Crippen molar-refractivity contribution in [2.24, 2.45) is 5.73 Å². The monoisotopic (exact) mass is 216 g/mol. The Morgan fingerprint density at radius 2 is 2.33 bits per heavy atom. The average molecular weight is 216 g/mol. The first-order chi connectivity index (χ1) is 6.90. The Kier molecular flexibility index (Phi) is 3.70. The van der Waals surface area contributed by atoms with E-state index in [1.807, 2.05) is 0 Å².